The van der Waals surface area contributed by atoms with Crippen molar-refractivity contribution in [2.75, 3.05) is 6.54 Å². The van der Waals surface area contributed by atoms with Crippen LogP contribution in [0.3, 0.4) is 0 Å². The number of fused-ring (bicyclic) bond motifs is 1. The number of nitrogens with zero attached hydrogens (tertiary/aromatic N) is 1. The molecule has 1 aliphatic heterocycles. The fraction of sp³-hybridized carbons (Fsp3) is 0.524. The number of benzene rings is 1. The maximum Gasteiger partial charge on any atom is 0.154 e. The van der Waals surface area contributed by atoms with Gasteiger partial charge >= 0.3 is 0 Å². The molecule has 2 aliphatic rings. The van der Waals surface area contributed by atoms with Crippen LogP contribution in [0.1, 0.15) is 44.1 Å². The van der Waals surface area contributed by atoms with Crippen LogP contribution in [0, 0.1) is 11.8 Å². The first-order chi connectivity index (χ1) is 11.8. The molecule has 126 valence electrons. The molecule has 1 saturated heterocycles. The van der Waals surface area contributed by atoms with Gasteiger partial charge in [-0.3, -0.25) is 9.78 Å². The van der Waals surface area contributed by atoms with E-state index in [1.54, 1.807) is 0 Å². The summed E-state index contributed by atoms with van der Waals surface area (Å²) in [5.41, 5.74) is 2.10. The minimum atomic E-state index is 0.0673. The number of nitrogens with one attached hydrogen (secondary N) is 1. The predicted octanol–water partition coefficient (Wildman–Crippen LogP) is 3.90. The van der Waals surface area contributed by atoms with Crippen molar-refractivity contribution in [3.05, 3.63) is 42.1 Å². The Morgan fingerprint density at radius 1 is 1.12 bits per heavy atom. The Morgan fingerprint density at radius 3 is 2.88 bits per heavy atom. The van der Waals surface area contributed by atoms with Gasteiger partial charge in [-0.2, -0.15) is 0 Å². The van der Waals surface area contributed by atoms with E-state index in [9.17, 15) is 4.79 Å². The molecule has 1 aliphatic carbocycles. The first kappa shape index (κ1) is 15.8. The normalized spacial score (nSPS) is 25.2. The highest BCUT2D eigenvalue weighted by Crippen LogP contribution is 2.36. The van der Waals surface area contributed by atoms with Crippen LogP contribution in [-0.2, 0) is 11.2 Å². The second-order valence-electron chi connectivity index (χ2n) is 7.46. The molecule has 24 heavy (non-hydrogen) atoms. The molecule has 1 aromatic heterocycles. The minimum absolute atomic E-state index is 0.0673. The van der Waals surface area contributed by atoms with Gasteiger partial charge in [0.05, 0.1) is 11.6 Å². The van der Waals surface area contributed by atoms with E-state index in [4.69, 9.17) is 0 Å². The summed E-state index contributed by atoms with van der Waals surface area (Å²) in [6.07, 6.45) is 10.2. The summed E-state index contributed by atoms with van der Waals surface area (Å²) in [5, 5.41) is 4.62. The highest BCUT2D eigenvalue weighted by Gasteiger charge is 2.37. The van der Waals surface area contributed by atoms with Crippen LogP contribution in [0.25, 0.3) is 10.9 Å². The summed E-state index contributed by atoms with van der Waals surface area (Å²) in [5.74, 6) is 1.68. The second kappa shape index (κ2) is 7.02. The molecule has 3 nitrogen and oxygen atoms in total. The van der Waals surface area contributed by atoms with E-state index in [1.165, 1.54) is 38.5 Å². The summed E-state index contributed by atoms with van der Waals surface area (Å²) in [4.78, 5) is 17.3. The van der Waals surface area contributed by atoms with Gasteiger partial charge in [0, 0.05) is 18.0 Å². The van der Waals surface area contributed by atoms with Gasteiger partial charge in [-0.25, -0.2) is 0 Å². The quantitative estimate of drug-likeness (QED) is 0.928. The van der Waals surface area contributed by atoms with Gasteiger partial charge < -0.3 is 5.32 Å². The summed E-state index contributed by atoms with van der Waals surface area (Å²) < 4.78 is 0. The summed E-state index contributed by atoms with van der Waals surface area (Å²) in [6, 6.07) is 10.3. The number of Topliss-reactive ketones (excluding diaryl/α,β-unsaturated/α-hetero) is 1. The molecular formula is C21H26N2O. The molecule has 0 spiro atoms. The van der Waals surface area contributed by atoms with Crippen molar-refractivity contribution < 1.29 is 4.79 Å². The largest absolute Gasteiger partial charge is 0.307 e. The first-order valence-corrected chi connectivity index (χ1v) is 9.41. The average Bonchev–Trinajstić information content (AvgIpc) is 3.12. The Balaban J connectivity index is 1.47. The lowest BCUT2D eigenvalue weighted by molar-refractivity contribution is -0.121. The Kier molecular flexibility index (Phi) is 4.61. The fourth-order valence-corrected chi connectivity index (χ4v) is 4.69. The van der Waals surface area contributed by atoms with Crippen molar-refractivity contribution in [3.8, 4) is 0 Å². The van der Waals surface area contributed by atoms with E-state index in [2.05, 4.69) is 28.5 Å². The number of hydrogen-bond donors (Lipinski definition) is 1. The van der Waals surface area contributed by atoms with Crippen LogP contribution in [0.5, 0.6) is 0 Å². The molecule has 2 aromatic rings. The van der Waals surface area contributed by atoms with Crippen LogP contribution in [0.4, 0.5) is 0 Å². The zero-order chi connectivity index (χ0) is 16.4. The SMILES string of the molecule is O=C(Cc1ccc2ncccc2c1)[C@H]1NCC[C@@H]1C1CCCCC1. The van der Waals surface area contributed by atoms with E-state index in [1.807, 2.05) is 18.3 Å². The maximum absolute atomic E-state index is 12.9. The summed E-state index contributed by atoms with van der Waals surface area (Å²) >= 11 is 0. The van der Waals surface area contributed by atoms with Crippen molar-refractivity contribution in [2.24, 2.45) is 11.8 Å². The highest BCUT2D eigenvalue weighted by molar-refractivity contribution is 5.88. The molecule has 2 fully saturated rings. The molecule has 1 N–H and O–H groups in total. The predicted molar refractivity (Wildman–Crippen MR) is 96.9 cm³/mol. The van der Waals surface area contributed by atoms with Crippen molar-refractivity contribution in [3.63, 3.8) is 0 Å². The summed E-state index contributed by atoms with van der Waals surface area (Å²) in [7, 11) is 0. The number of carbonyl (C=O) groups excluding carboxylic acids is 1. The van der Waals surface area contributed by atoms with Crippen molar-refractivity contribution in [1.29, 1.82) is 0 Å². The van der Waals surface area contributed by atoms with E-state index in [0.29, 0.717) is 18.1 Å². The highest BCUT2D eigenvalue weighted by atomic mass is 16.1. The second-order valence-corrected chi connectivity index (χ2v) is 7.46. The molecule has 4 rings (SSSR count). The van der Waals surface area contributed by atoms with E-state index >= 15 is 0 Å². The molecule has 1 saturated carbocycles. The molecule has 2 atom stereocenters. The van der Waals surface area contributed by atoms with Gasteiger partial charge in [0.2, 0.25) is 0 Å². The standard InChI is InChI=1S/C21H26N2O/c24-20(14-15-8-9-19-17(13-15)7-4-11-22-19)21-18(10-12-23-21)16-5-2-1-3-6-16/h4,7-9,11,13,16,18,21,23H,1-3,5-6,10,12,14H2/t18-,21+/m1/s1. The molecular weight excluding hydrogens is 296 g/mol. The third-order valence-corrected chi connectivity index (χ3v) is 5.92. The Bertz CT molecular complexity index is 721. The van der Waals surface area contributed by atoms with E-state index in [0.717, 1.165) is 28.9 Å². The summed E-state index contributed by atoms with van der Waals surface area (Å²) in [6.45, 7) is 0.999. The van der Waals surface area contributed by atoms with E-state index in [-0.39, 0.29) is 6.04 Å². The molecule has 0 bridgehead atoms. The van der Waals surface area contributed by atoms with Gasteiger partial charge in [0.1, 0.15) is 0 Å². The van der Waals surface area contributed by atoms with Crippen LogP contribution >= 0.6 is 0 Å². The van der Waals surface area contributed by atoms with E-state index < -0.39 is 0 Å². The van der Waals surface area contributed by atoms with Crippen LogP contribution < -0.4 is 5.32 Å². The smallest absolute Gasteiger partial charge is 0.154 e. The van der Waals surface area contributed by atoms with Gasteiger partial charge in [-0.15, -0.1) is 0 Å². The molecule has 1 aromatic carbocycles. The van der Waals surface area contributed by atoms with Crippen LogP contribution in [0.2, 0.25) is 0 Å². The number of ketones is 1. The zero-order valence-electron chi connectivity index (χ0n) is 14.2. The third-order valence-electron chi connectivity index (χ3n) is 5.92. The van der Waals surface area contributed by atoms with Crippen molar-refractivity contribution in [2.45, 2.75) is 51.0 Å². The third kappa shape index (κ3) is 3.23. The van der Waals surface area contributed by atoms with Crippen LogP contribution in [0.15, 0.2) is 36.5 Å². The Morgan fingerprint density at radius 2 is 2.00 bits per heavy atom. The molecule has 3 heteroatoms. The average molecular weight is 322 g/mol. The topological polar surface area (TPSA) is 42.0 Å². The van der Waals surface area contributed by atoms with Gasteiger partial charge in [-0.1, -0.05) is 44.2 Å². The zero-order valence-corrected chi connectivity index (χ0v) is 14.2. The lowest BCUT2D eigenvalue weighted by Gasteiger charge is -2.30. The Labute approximate surface area is 143 Å². The molecule has 0 radical (unpaired) electrons. The van der Waals surface area contributed by atoms with Crippen LogP contribution in [-0.4, -0.2) is 23.4 Å². The lowest BCUT2D eigenvalue weighted by Crippen LogP contribution is -2.40. The first-order valence-electron chi connectivity index (χ1n) is 9.41. The van der Waals surface area contributed by atoms with Gasteiger partial charge in [0.15, 0.2) is 5.78 Å². The number of pyridine rings is 1. The Hall–Kier alpha value is -1.74. The number of carbonyl (C=O) groups is 1. The van der Waals surface area contributed by atoms with Gasteiger partial charge in [0.25, 0.3) is 0 Å². The molecule has 0 unspecified atom stereocenters. The minimum Gasteiger partial charge on any atom is -0.307 e. The monoisotopic (exact) mass is 322 g/mol. The maximum atomic E-state index is 12.9. The van der Waals surface area contributed by atoms with Crippen molar-refractivity contribution in [1.82, 2.24) is 10.3 Å². The lowest BCUT2D eigenvalue weighted by atomic mass is 9.75. The fourth-order valence-electron chi connectivity index (χ4n) is 4.69. The number of rotatable bonds is 4. The van der Waals surface area contributed by atoms with Gasteiger partial charge in [-0.05, 0) is 48.6 Å². The van der Waals surface area contributed by atoms with Crippen molar-refractivity contribution >= 4 is 16.7 Å². The molecule has 0 amide bonds. The number of aromatic nitrogens is 1. The molecule has 2 heterocycles. The number of hydrogen-bond acceptors (Lipinski definition) is 3.